The molecule has 0 aliphatic rings. The number of carboxylic acids is 1. The summed E-state index contributed by atoms with van der Waals surface area (Å²) in [6.45, 7) is 17.9. The van der Waals surface area contributed by atoms with Crippen LogP contribution in [-0.2, 0) is 51.8 Å². The Morgan fingerprint density at radius 3 is 1.51 bits per heavy atom. The van der Waals surface area contributed by atoms with Crippen LogP contribution in [0.1, 0.15) is 204 Å². The zero-order chi connectivity index (χ0) is 49.2. The number of ether oxygens (including phenoxy) is 3. The van der Waals surface area contributed by atoms with Gasteiger partial charge in [-0.05, 0) is 101 Å². The molecule has 0 aromatic heterocycles. The summed E-state index contributed by atoms with van der Waals surface area (Å²) in [5.41, 5.74) is 3.70. The summed E-state index contributed by atoms with van der Waals surface area (Å²) in [5.74, 6) is -2.40. The lowest BCUT2D eigenvalue weighted by atomic mass is 10.0. The van der Waals surface area contributed by atoms with Gasteiger partial charge in [0.25, 0.3) is 0 Å². The number of rotatable bonds is 40. The Morgan fingerprint density at radius 2 is 1.02 bits per heavy atom. The first kappa shape index (κ1) is 62.4. The van der Waals surface area contributed by atoms with Gasteiger partial charge < -0.3 is 50.0 Å². The normalized spacial score (nSPS) is 13.3. The highest BCUT2D eigenvalue weighted by molar-refractivity contribution is 7.53. The zero-order valence-electron chi connectivity index (χ0n) is 42.1. The fraction of sp³-hybridized carbons (Fsp3) is 0.896. The molecule has 16 nitrogen and oxygen atoms in total. The molecule has 0 spiro atoms. The number of hydrogen-bond acceptors (Lipinski definition) is 12. The molecule has 0 saturated heterocycles. The quantitative estimate of drug-likeness (QED) is 0.0220. The minimum atomic E-state index is -3.14. The second-order valence-corrected chi connectivity index (χ2v) is 22.2. The molecule has 65 heavy (non-hydrogen) atoms. The van der Waals surface area contributed by atoms with Crippen LogP contribution in [0.3, 0.4) is 0 Å². The number of esters is 1. The molecule has 0 heterocycles. The lowest BCUT2D eigenvalue weighted by molar-refractivity contribution is -0.159. The van der Waals surface area contributed by atoms with Crippen molar-refractivity contribution in [3.63, 3.8) is 0 Å². The van der Waals surface area contributed by atoms with Gasteiger partial charge in [-0.3, -0.25) is 23.7 Å². The molecular formula is C48H93N4O12P. The van der Waals surface area contributed by atoms with Crippen molar-refractivity contribution in [1.29, 1.82) is 0 Å². The van der Waals surface area contributed by atoms with Gasteiger partial charge in [-0.2, -0.15) is 0 Å². The molecule has 0 aromatic rings. The van der Waals surface area contributed by atoms with Gasteiger partial charge in [0.15, 0.2) is 0 Å². The van der Waals surface area contributed by atoms with E-state index in [1.807, 2.05) is 41.5 Å². The maximum atomic E-state index is 13.3. The van der Waals surface area contributed by atoms with Crippen LogP contribution in [0.2, 0.25) is 0 Å². The molecule has 0 aliphatic heterocycles. The number of nitrogens with two attached hydrogens (primary N) is 1. The standard InChI is InChI=1S/C48H93N4O12P/c1-46(2,3)62-45(58)40(30-31-41(53)51-33-34-60-35-36-61-38-43(55)50-32-26-25-28-39(49)44(56)57)52-42(54)29-24-22-20-18-16-14-12-10-11-13-15-17-19-21-23-27-37-65(59,63-47(4,5)6)64-48(7,8)9/h39-40H,10-38,49H2,1-9H3,(H,50,55)(H,51,53)(H,52,54)(H,56,57)/t39-,40-/m0/s1. The van der Waals surface area contributed by atoms with Gasteiger partial charge in [0.1, 0.15) is 24.3 Å². The molecule has 0 radical (unpaired) electrons. The summed E-state index contributed by atoms with van der Waals surface area (Å²) in [4.78, 5) is 60.8. The van der Waals surface area contributed by atoms with E-state index in [2.05, 4.69) is 16.0 Å². The van der Waals surface area contributed by atoms with Crippen LogP contribution in [0, 0.1) is 0 Å². The Bertz CT molecular complexity index is 1340. The Labute approximate surface area is 393 Å². The first-order valence-corrected chi connectivity index (χ1v) is 26.3. The highest BCUT2D eigenvalue weighted by atomic mass is 31.2. The number of carbonyl (C=O) groups excluding carboxylic acids is 4. The number of unbranched alkanes of at least 4 members (excludes halogenated alkanes) is 16. The third kappa shape index (κ3) is 41.3. The molecule has 0 unspecified atom stereocenters. The van der Waals surface area contributed by atoms with Crippen molar-refractivity contribution in [1.82, 2.24) is 16.0 Å². The van der Waals surface area contributed by atoms with Crippen molar-refractivity contribution < 1.29 is 56.9 Å². The number of carboxylic acid groups (broad SMARTS) is 1. The van der Waals surface area contributed by atoms with Gasteiger partial charge in [-0.15, -0.1) is 0 Å². The van der Waals surface area contributed by atoms with Crippen molar-refractivity contribution in [3.05, 3.63) is 0 Å². The van der Waals surface area contributed by atoms with Crippen LogP contribution in [0.5, 0.6) is 0 Å². The molecule has 0 bridgehead atoms. The maximum absolute atomic E-state index is 13.3. The zero-order valence-corrected chi connectivity index (χ0v) is 43.0. The summed E-state index contributed by atoms with van der Waals surface area (Å²) in [7, 11) is -3.14. The molecule has 6 N–H and O–H groups in total. The van der Waals surface area contributed by atoms with Crippen LogP contribution >= 0.6 is 7.60 Å². The Hall–Kier alpha value is -2.62. The molecule has 0 fully saturated rings. The van der Waals surface area contributed by atoms with Gasteiger partial charge >= 0.3 is 19.5 Å². The largest absolute Gasteiger partial charge is 0.480 e. The molecule has 382 valence electrons. The molecule has 0 saturated carbocycles. The summed E-state index contributed by atoms with van der Waals surface area (Å²) >= 11 is 0. The van der Waals surface area contributed by atoms with Crippen molar-refractivity contribution in [3.8, 4) is 0 Å². The maximum Gasteiger partial charge on any atom is 0.331 e. The van der Waals surface area contributed by atoms with E-state index in [4.69, 9.17) is 34.1 Å². The first-order chi connectivity index (χ1) is 30.4. The van der Waals surface area contributed by atoms with Crippen molar-refractivity contribution >= 4 is 37.3 Å². The summed E-state index contributed by atoms with van der Waals surface area (Å²) < 4.78 is 41.4. The van der Waals surface area contributed by atoms with Crippen LogP contribution in [0.4, 0.5) is 0 Å². The molecule has 2 atom stereocenters. The molecule has 17 heteroatoms. The highest BCUT2D eigenvalue weighted by Crippen LogP contribution is 2.55. The molecular weight excluding hydrogens is 856 g/mol. The monoisotopic (exact) mass is 949 g/mol. The van der Waals surface area contributed by atoms with E-state index in [0.29, 0.717) is 38.4 Å². The first-order valence-electron chi connectivity index (χ1n) is 24.6. The number of amides is 3. The van der Waals surface area contributed by atoms with E-state index in [1.165, 1.54) is 57.8 Å². The lowest BCUT2D eigenvalue weighted by Gasteiger charge is -2.32. The van der Waals surface area contributed by atoms with Crippen LogP contribution in [0.25, 0.3) is 0 Å². The minimum absolute atomic E-state index is 0.0191. The highest BCUT2D eigenvalue weighted by Gasteiger charge is 2.34. The third-order valence-corrected chi connectivity index (χ3v) is 12.4. The second kappa shape index (κ2) is 35.5. The van der Waals surface area contributed by atoms with E-state index >= 15 is 0 Å². The fourth-order valence-electron chi connectivity index (χ4n) is 6.80. The average molecular weight is 949 g/mol. The molecule has 0 aliphatic carbocycles. The number of carbonyl (C=O) groups is 5. The SMILES string of the molecule is CC(C)(C)OC(=O)[C@H](CCC(=O)NCCOCCOCC(=O)NCCCC[C@H](N)C(=O)O)NC(=O)CCCCCCCCCCCCCCCCCCP(=O)(OC(C)(C)C)OC(C)(C)C. The van der Waals surface area contributed by atoms with Crippen LogP contribution in [-0.4, -0.2) is 109 Å². The van der Waals surface area contributed by atoms with E-state index in [1.54, 1.807) is 20.8 Å². The van der Waals surface area contributed by atoms with Crippen molar-refractivity contribution in [2.24, 2.45) is 5.73 Å². The third-order valence-electron chi connectivity index (χ3n) is 9.85. The van der Waals surface area contributed by atoms with E-state index in [0.717, 1.165) is 44.9 Å². The van der Waals surface area contributed by atoms with Crippen LogP contribution < -0.4 is 21.7 Å². The van der Waals surface area contributed by atoms with E-state index < -0.39 is 48.4 Å². The summed E-state index contributed by atoms with van der Waals surface area (Å²) in [6, 6.07) is -1.83. The second-order valence-electron chi connectivity index (χ2n) is 20.1. The number of nitrogens with one attached hydrogen (secondary N) is 3. The van der Waals surface area contributed by atoms with E-state index in [-0.39, 0.29) is 63.5 Å². The Kier molecular flexibility index (Phi) is 34.1. The van der Waals surface area contributed by atoms with E-state index in [9.17, 15) is 28.5 Å². The van der Waals surface area contributed by atoms with Crippen LogP contribution in [0.15, 0.2) is 0 Å². The average Bonchev–Trinajstić information content (AvgIpc) is 3.17. The summed E-state index contributed by atoms with van der Waals surface area (Å²) in [5, 5.41) is 17.0. The van der Waals surface area contributed by atoms with Gasteiger partial charge in [0.2, 0.25) is 17.7 Å². The minimum Gasteiger partial charge on any atom is -0.480 e. The number of hydrogen-bond donors (Lipinski definition) is 5. The van der Waals surface area contributed by atoms with Crippen molar-refractivity contribution in [2.45, 2.75) is 232 Å². The lowest BCUT2D eigenvalue weighted by Crippen LogP contribution is -2.44. The topological polar surface area (TPSA) is 231 Å². The van der Waals surface area contributed by atoms with Gasteiger partial charge in [0.05, 0.1) is 37.2 Å². The fourth-order valence-corrected chi connectivity index (χ4v) is 9.30. The predicted molar refractivity (Wildman–Crippen MR) is 257 cm³/mol. The number of aliphatic carboxylic acids is 1. The molecule has 0 rings (SSSR count). The Morgan fingerprint density at radius 1 is 0.538 bits per heavy atom. The predicted octanol–water partition coefficient (Wildman–Crippen LogP) is 8.90. The van der Waals surface area contributed by atoms with Gasteiger partial charge in [-0.25, -0.2) is 4.79 Å². The Balaban J connectivity index is 4.06. The smallest absolute Gasteiger partial charge is 0.331 e. The molecule has 0 aromatic carbocycles. The van der Waals surface area contributed by atoms with Crippen molar-refractivity contribution in [2.75, 3.05) is 45.7 Å². The van der Waals surface area contributed by atoms with Gasteiger partial charge in [-0.1, -0.05) is 89.9 Å². The van der Waals surface area contributed by atoms with Gasteiger partial charge in [0, 0.05) is 25.9 Å². The molecule has 3 amide bonds. The summed E-state index contributed by atoms with van der Waals surface area (Å²) in [6.07, 6.45) is 20.6.